The van der Waals surface area contributed by atoms with Crippen LogP contribution in [-0.2, 0) is 16.9 Å². The Hall–Kier alpha value is -3.77. The summed E-state index contributed by atoms with van der Waals surface area (Å²) in [4.78, 5) is 25.6. The van der Waals surface area contributed by atoms with Crippen molar-refractivity contribution in [2.45, 2.75) is 44.5 Å². The third kappa shape index (κ3) is 5.14. The fraction of sp³-hybridized carbons (Fsp3) is 0.360. The van der Waals surface area contributed by atoms with Crippen molar-refractivity contribution in [2.24, 2.45) is 0 Å². The van der Waals surface area contributed by atoms with Gasteiger partial charge in [0.05, 0.1) is 20.7 Å². The number of nitrogens with zero attached hydrogens (tertiary/aromatic N) is 4. The molecule has 0 saturated heterocycles. The van der Waals surface area contributed by atoms with Crippen molar-refractivity contribution in [1.82, 2.24) is 24.8 Å². The minimum Gasteiger partial charge on any atom is -0.491 e. The van der Waals surface area contributed by atoms with E-state index in [0.717, 1.165) is 0 Å². The van der Waals surface area contributed by atoms with E-state index >= 15 is 0 Å². The Bertz CT molecular complexity index is 1550. The molecule has 2 N–H and O–H groups in total. The van der Waals surface area contributed by atoms with Crippen LogP contribution in [0.25, 0.3) is 0 Å². The number of allylic oxidation sites excluding steroid dienone is 1. The summed E-state index contributed by atoms with van der Waals surface area (Å²) >= 11 is 6.36. The zero-order valence-corrected chi connectivity index (χ0v) is 21.0. The average molecular weight is 550 g/mol. The highest BCUT2D eigenvalue weighted by molar-refractivity contribution is 6.31. The van der Waals surface area contributed by atoms with Gasteiger partial charge in [-0.25, -0.2) is 18.7 Å². The predicted molar refractivity (Wildman–Crippen MR) is 131 cm³/mol. The third-order valence-electron chi connectivity index (χ3n) is 5.89. The molecule has 0 radical (unpaired) electrons. The zero-order valence-electron chi connectivity index (χ0n) is 22.2. The van der Waals surface area contributed by atoms with E-state index in [1.165, 1.54) is 16.8 Å². The molecule has 3 aromatic heterocycles. The van der Waals surface area contributed by atoms with E-state index in [1.54, 1.807) is 26.1 Å². The number of halogens is 3. The largest absolute Gasteiger partial charge is 0.491 e. The molecule has 0 bridgehead atoms. The summed E-state index contributed by atoms with van der Waals surface area (Å²) in [6.45, 7) is 0.407. The van der Waals surface area contributed by atoms with Crippen molar-refractivity contribution in [3.63, 3.8) is 0 Å². The normalized spacial score (nSPS) is 20.1. The van der Waals surface area contributed by atoms with Crippen LogP contribution in [0.2, 0.25) is 5.02 Å². The Balaban J connectivity index is 1.52. The van der Waals surface area contributed by atoms with Gasteiger partial charge in [-0.05, 0) is 19.9 Å². The number of hydrogen-bond donors (Lipinski definition) is 2. The number of aliphatic hydroxyl groups is 1. The van der Waals surface area contributed by atoms with Crippen LogP contribution in [-0.4, -0.2) is 37.8 Å². The van der Waals surface area contributed by atoms with Crippen molar-refractivity contribution in [1.29, 1.82) is 0 Å². The third-order valence-corrected chi connectivity index (χ3v) is 6.24. The molecular weight excluding hydrogens is 524 g/mol. The minimum absolute atomic E-state index is 0.00690. The fourth-order valence-electron chi connectivity index (χ4n) is 4.06. The van der Waals surface area contributed by atoms with Crippen molar-refractivity contribution >= 4 is 11.6 Å². The van der Waals surface area contributed by atoms with Gasteiger partial charge >= 0.3 is 0 Å². The molecule has 2 aliphatic rings. The maximum Gasteiger partial charge on any atom is 0.276 e. The number of rotatable bonds is 5. The topological polar surface area (TPSA) is 121 Å². The highest BCUT2D eigenvalue weighted by Crippen LogP contribution is 2.38. The molecule has 2 atom stereocenters. The standard InChI is InChI=1S/C25H24ClF2N5O5/c1-25(2,35)24-29-4-3-15(32-24)16-8-18-20(11-31-16)36-5-6-37-21-9-19(22(26)23(34)33(18)21)38-12-17-14(28)7-13(27)10-30-17/h3-4,7,9-11,16,18,31,35H,5-6,8,12H2,1-2H3/t16-,18?/m1/s1/i12D2. The monoisotopic (exact) mass is 549 g/mol. The molecule has 0 amide bonds. The predicted octanol–water partition coefficient (Wildman–Crippen LogP) is 3.30. The summed E-state index contributed by atoms with van der Waals surface area (Å²) in [5.74, 6) is -2.03. The first-order chi connectivity index (χ1) is 18.8. The van der Waals surface area contributed by atoms with Crippen LogP contribution in [0.3, 0.4) is 0 Å². The summed E-state index contributed by atoms with van der Waals surface area (Å²) in [5, 5.41) is 13.0. The van der Waals surface area contributed by atoms with Gasteiger partial charge < -0.3 is 24.6 Å². The molecule has 0 saturated carbocycles. The van der Waals surface area contributed by atoms with Crippen LogP contribution in [0.1, 0.15) is 52.3 Å². The van der Waals surface area contributed by atoms with Gasteiger partial charge in [0.15, 0.2) is 11.6 Å². The van der Waals surface area contributed by atoms with Gasteiger partial charge in [-0.1, -0.05) is 11.6 Å². The lowest BCUT2D eigenvalue weighted by Crippen LogP contribution is -2.37. The summed E-state index contributed by atoms with van der Waals surface area (Å²) in [5.41, 5.74) is -2.31. The summed E-state index contributed by atoms with van der Waals surface area (Å²) in [6, 6.07) is 2.24. The van der Waals surface area contributed by atoms with E-state index in [4.69, 9.17) is 28.6 Å². The van der Waals surface area contributed by atoms with E-state index in [0.29, 0.717) is 23.7 Å². The first-order valence-electron chi connectivity index (χ1n) is 12.6. The molecule has 2 aliphatic heterocycles. The Morgan fingerprint density at radius 1 is 1.32 bits per heavy atom. The molecule has 10 nitrogen and oxygen atoms in total. The summed E-state index contributed by atoms with van der Waals surface area (Å²) < 4.78 is 62.1. The molecule has 0 fully saturated rings. The molecule has 0 aromatic carbocycles. The lowest BCUT2D eigenvalue weighted by atomic mass is 9.98. The van der Waals surface area contributed by atoms with Crippen LogP contribution in [0.15, 0.2) is 47.3 Å². The molecule has 5 heterocycles. The number of ether oxygens (including phenoxy) is 3. The second-order valence-corrected chi connectivity index (χ2v) is 9.48. The fourth-order valence-corrected chi connectivity index (χ4v) is 4.24. The van der Waals surface area contributed by atoms with E-state index in [9.17, 15) is 18.7 Å². The van der Waals surface area contributed by atoms with E-state index < -0.39 is 57.9 Å². The maximum atomic E-state index is 14.3. The van der Waals surface area contributed by atoms with E-state index in [2.05, 4.69) is 20.3 Å². The van der Waals surface area contributed by atoms with Crippen molar-refractivity contribution in [3.05, 3.63) is 86.8 Å². The van der Waals surface area contributed by atoms with Gasteiger partial charge in [0, 0.05) is 31.0 Å². The SMILES string of the molecule is [2H]C([2H])(Oc1cc2n(c(=O)c1Cl)C1C[C@H](c3ccnc(C(C)(C)O)n3)NC=C1OCCO2)c1ncc(F)cc1F. The first kappa shape index (κ1) is 23.4. The number of aromatic nitrogens is 4. The molecule has 3 aromatic rings. The molecule has 0 spiro atoms. The van der Waals surface area contributed by atoms with Gasteiger partial charge in [0.1, 0.15) is 59.5 Å². The number of hydrogen-bond acceptors (Lipinski definition) is 9. The maximum absolute atomic E-state index is 14.3. The van der Waals surface area contributed by atoms with Gasteiger partial charge in [-0.2, -0.15) is 0 Å². The number of nitrogens with one attached hydrogen (secondary N) is 1. The Morgan fingerprint density at radius 3 is 2.87 bits per heavy atom. The molecule has 1 unspecified atom stereocenters. The molecule has 13 heteroatoms. The lowest BCUT2D eigenvalue weighted by Gasteiger charge is -2.34. The Labute approximate surface area is 223 Å². The quantitative estimate of drug-likeness (QED) is 0.494. The van der Waals surface area contributed by atoms with Crippen LogP contribution < -0.4 is 20.3 Å². The summed E-state index contributed by atoms with van der Waals surface area (Å²) in [6.07, 6.45) is 4.05. The highest BCUT2D eigenvalue weighted by atomic mass is 35.5. The molecular formula is C25H24ClF2N5O5. The average Bonchev–Trinajstić information content (AvgIpc) is 2.87. The van der Waals surface area contributed by atoms with Crippen LogP contribution >= 0.6 is 11.6 Å². The highest BCUT2D eigenvalue weighted by Gasteiger charge is 2.34. The number of pyridine rings is 2. The Morgan fingerprint density at radius 2 is 2.11 bits per heavy atom. The van der Waals surface area contributed by atoms with Crippen LogP contribution in [0.5, 0.6) is 11.6 Å². The molecule has 200 valence electrons. The number of fused-ring (bicyclic) bond motifs is 3. The van der Waals surface area contributed by atoms with Crippen molar-refractivity contribution in [2.75, 3.05) is 13.2 Å². The van der Waals surface area contributed by atoms with Gasteiger partial charge in [0.2, 0.25) is 5.88 Å². The summed E-state index contributed by atoms with van der Waals surface area (Å²) in [7, 11) is 0. The van der Waals surface area contributed by atoms with Crippen LogP contribution in [0, 0.1) is 11.6 Å². The Kier molecular flexibility index (Phi) is 6.26. The van der Waals surface area contributed by atoms with Gasteiger partial charge in [-0.3, -0.25) is 14.3 Å². The smallest absolute Gasteiger partial charge is 0.276 e. The van der Waals surface area contributed by atoms with E-state index in [-0.39, 0.29) is 31.3 Å². The molecule has 0 aliphatic carbocycles. The molecule has 5 rings (SSSR count). The lowest BCUT2D eigenvalue weighted by molar-refractivity contribution is 0.0680. The van der Waals surface area contributed by atoms with Gasteiger partial charge in [-0.15, -0.1) is 0 Å². The molecule has 38 heavy (non-hydrogen) atoms. The zero-order chi connectivity index (χ0) is 28.8. The second kappa shape index (κ2) is 10.2. The minimum atomic E-state index is -2.91. The second-order valence-electron chi connectivity index (χ2n) is 9.10. The first-order valence-corrected chi connectivity index (χ1v) is 12.0. The van der Waals surface area contributed by atoms with E-state index in [1.807, 2.05) is 0 Å². The van der Waals surface area contributed by atoms with Gasteiger partial charge in [0.25, 0.3) is 5.56 Å². The van der Waals surface area contributed by atoms with Crippen molar-refractivity contribution in [3.8, 4) is 11.6 Å². The van der Waals surface area contributed by atoms with Crippen LogP contribution in [0.4, 0.5) is 8.78 Å². The van der Waals surface area contributed by atoms with Crippen molar-refractivity contribution < 1.29 is 30.8 Å².